The van der Waals surface area contributed by atoms with Crippen LogP contribution in [-0.2, 0) is 0 Å². The van der Waals surface area contributed by atoms with Crippen molar-refractivity contribution in [2.24, 2.45) is 0 Å². The monoisotopic (exact) mass is 286 g/mol. The fourth-order valence-electron chi connectivity index (χ4n) is 3.18. The third-order valence-corrected chi connectivity index (χ3v) is 4.51. The molecule has 0 saturated carbocycles. The van der Waals surface area contributed by atoms with Gasteiger partial charge in [0, 0.05) is 34.3 Å². The van der Waals surface area contributed by atoms with E-state index < -0.39 is 0 Å². The molecule has 0 amide bonds. The molecule has 3 heterocycles. The Bertz CT molecular complexity index is 662. The van der Waals surface area contributed by atoms with E-state index in [2.05, 4.69) is 10.5 Å². The predicted octanol–water partition coefficient (Wildman–Crippen LogP) is 3.82. The highest BCUT2D eigenvalue weighted by atomic mass is 35.5. The van der Waals surface area contributed by atoms with E-state index in [1.165, 1.54) is 6.42 Å². The summed E-state index contributed by atoms with van der Waals surface area (Å²) < 4.78 is 5.49. The van der Waals surface area contributed by atoms with Crippen molar-refractivity contribution in [2.75, 3.05) is 0 Å². The van der Waals surface area contributed by atoms with Gasteiger partial charge in [-0.25, -0.2) is 0 Å². The van der Waals surface area contributed by atoms with E-state index in [1.807, 2.05) is 36.4 Å². The van der Waals surface area contributed by atoms with Crippen molar-refractivity contribution in [3.05, 3.63) is 47.1 Å². The minimum atomic E-state index is 0.329. The number of hydrogen-bond acceptors (Lipinski definition) is 3. The summed E-state index contributed by atoms with van der Waals surface area (Å²) in [5.74, 6) is 0.790. The van der Waals surface area contributed by atoms with Crippen molar-refractivity contribution in [1.29, 1.82) is 0 Å². The van der Waals surface area contributed by atoms with Crippen LogP contribution in [0.1, 0.15) is 25.0 Å². The number of fused-ring (bicyclic) bond motifs is 2. The van der Waals surface area contributed by atoms with Crippen molar-refractivity contribution in [3.8, 4) is 11.3 Å². The Morgan fingerprint density at radius 1 is 1.20 bits per heavy atom. The molecule has 1 aromatic heterocycles. The third kappa shape index (κ3) is 1.98. The van der Waals surface area contributed by atoms with Gasteiger partial charge >= 0.3 is 0 Å². The molecule has 2 unspecified atom stereocenters. The van der Waals surface area contributed by atoms with Gasteiger partial charge in [-0.2, -0.15) is 0 Å². The Morgan fingerprint density at radius 2 is 2.05 bits per heavy atom. The summed E-state index contributed by atoms with van der Waals surface area (Å²) in [6.07, 6.45) is 3.22. The number of aromatic nitrogens is 1. The molecule has 0 radical (unpaired) electrons. The molecule has 4 heteroatoms. The summed E-state index contributed by atoms with van der Waals surface area (Å²) in [4.78, 5) is 0. The number of rotatable bonds is 2. The van der Waals surface area contributed by atoms with Crippen molar-refractivity contribution in [3.63, 3.8) is 0 Å². The molecule has 1 N–H and O–H groups in total. The van der Waals surface area contributed by atoms with Gasteiger partial charge in [-0.1, -0.05) is 47.1 Å². The highest BCUT2D eigenvalue weighted by Gasteiger charge is 2.35. The zero-order chi connectivity index (χ0) is 13.5. The van der Waals surface area contributed by atoms with Crippen molar-refractivity contribution >= 4 is 17.2 Å². The number of halogens is 1. The maximum atomic E-state index is 6.46. The van der Waals surface area contributed by atoms with E-state index in [0.717, 1.165) is 40.5 Å². The van der Waals surface area contributed by atoms with Gasteiger partial charge in [0.25, 0.3) is 0 Å². The Labute approximate surface area is 122 Å². The second kappa shape index (κ2) is 4.76. The molecule has 2 aliphatic rings. The molecule has 1 saturated heterocycles. The Hall–Kier alpha value is -1.58. The third-order valence-electron chi connectivity index (χ3n) is 4.15. The molecule has 0 aliphatic carbocycles. The van der Waals surface area contributed by atoms with Crippen LogP contribution in [-0.4, -0.2) is 17.2 Å². The number of nitrogens with zero attached hydrogens (tertiary/aromatic N) is 1. The number of benzene rings is 1. The molecule has 4 rings (SSSR count). The molecule has 3 nitrogen and oxygen atoms in total. The standard InChI is InChI=1S/C16H15ClN2O/c17-12-8-11-6-7-13(18-11)16(12)14-9-15(20-19-14)10-4-2-1-3-5-10/h1-5,9,11,13,18H,6-8H2. The van der Waals surface area contributed by atoms with Gasteiger partial charge < -0.3 is 9.84 Å². The van der Waals surface area contributed by atoms with Crippen LogP contribution in [0.15, 0.2) is 46.0 Å². The average molecular weight is 287 g/mol. The molecule has 2 atom stereocenters. The summed E-state index contributed by atoms with van der Waals surface area (Å²) in [6.45, 7) is 0. The van der Waals surface area contributed by atoms with Gasteiger partial charge in [0.05, 0.1) is 0 Å². The van der Waals surface area contributed by atoms with Crippen LogP contribution in [0.2, 0.25) is 0 Å². The lowest BCUT2D eigenvalue weighted by molar-refractivity contribution is 0.428. The van der Waals surface area contributed by atoms with Gasteiger partial charge in [-0.05, 0) is 19.3 Å². The van der Waals surface area contributed by atoms with Crippen molar-refractivity contribution < 1.29 is 4.52 Å². The smallest absolute Gasteiger partial charge is 0.167 e. The summed E-state index contributed by atoms with van der Waals surface area (Å²) in [7, 11) is 0. The molecule has 2 bridgehead atoms. The predicted molar refractivity (Wildman–Crippen MR) is 79.3 cm³/mol. The molecule has 1 fully saturated rings. The van der Waals surface area contributed by atoms with E-state index >= 15 is 0 Å². The first-order valence-corrected chi connectivity index (χ1v) is 7.36. The fourth-order valence-corrected chi connectivity index (χ4v) is 3.60. The maximum Gasteiger partial charge on any atom is 0.167 e. The summed E-state index contributed by atoms with van der Waals surface area (Å²) in [5.41, 5.74) is 3.02. The van der Waals surface area contributed by atoms with Gasteiger partial charge in [-0.15, -0.1) is 0 Å². The van der Waals surface area contributed by atoms with E-state index in [4.69, 9.17) is 16.1 Å². The first-order valence-electron chi connectivity index (χ1n) is 6.98. The minimum absolute atomic E-state index is 0.329. The molecule has 20 heavy (non-hydrogen) atoms. The van der Waals surface area contributed by atoms with Crippen LogP contribution in [0, 0.1) is 0 Å². The average Bonchev–Trinajstić information content (AvgIpc) is 3.09. The van der Waals surface area contributed by atoms with Crippen molar-refractivity contribution in [2.45, 2.75) is 31.3 Å². The maximum absolute atomic E-state index is 6.46. The fraction of sp³-hybridized carbons (Fsp3) is 0.312. The lowest BCUT2D eigenvalue weighted by Gasteiger charge is -2.23. The highest BCUT2D eigenvalue weighted by Crippen LogP contribution is 2.39. The normalized spacial score (nSPS) is 25.2. The molecule has 102 valence electrons. The lowest BCUT2D eigenvalue weighted by atomic mass is 9.99. The molecule has 2 aromatic rings. The summed E-state index contributed by atoms with van der Waals surface area (Å²) >= 11 is 6.46. The molecule has 2 aliphatic heterocycles. The topological polar surface area (TPSA) is 38.1 Å². The van der Waals surface area contributed by atoms with Crippen LogP contribution in [0.25, 0.3) is 16.9 Å². The Kier molecular flexibility index (Phi) is 2.90. The van der Waals surface area contributed by atoms with Gasteiger partial charge in [-0.3, -0.25) is 0 Å². The van der Waals surface area contributed by atoms with Crippen LogP contribution in [0.4, 0.5) is 0 Å². The number of nitrogens with one attached hydrogen (secondary N) is 1. The van der Waals surface area contributed by atoms with Crippen LogP contribution in [0.3, 0.4) is 0 Å². The summed E-state index contributed by atoms with van der Waals surface area (Å²) in [6, 6.07) is 12.9. The first-order chi connectivity index (χ1) is 9.81. The summed E-state index contributed by atoms with van der Waals surface area (Å²) in [5, 5.41) is 8.75. The van der Waals surface area contributed by atoms with Crippen molar-refractivity contribution in [1.82, 2.24) is 10.5 Å². The van der Waals surface area contributed by atoms with E-state index in [1.54, 1.807) is 0 Å². The lowest BCUT2D eigenvalue weighted by Crippen LogP contribution is -2.34. The van der Waals surface area contributed by atoms with E-state index in [-0.39, 0.29) is 0 Å². The molecule has 0 spiro atoms. The Morgan fingerprint density at radius 3 is 2.90 bits per heavy atom. The van der Waals surface area contributed by atoms with E-state index in [0.29, 0.717) is 12.1 Å². The molecular weight excluding hydrogens is 272 g/mol. The van der Waals surface area contributed by atoms with Crippen LogP contribution < -0.4 is 5.32 Å². The van der Waals surface area contributed by atoms with Gasteiger partial charge in [0.1, 0.15) is 5.69 Å². The second-order valence-electron chi connectivity index (χ2n) is 5.46. The van der Waals surface area contributed by atoms with E-state index in [9.17, 15) is 0 Å². The second-order valence-corrected chi connectivity index (χ2v) is 5.91. The molecular formula is C16H15ClN2O. The molecule has 1 aromatic carbocycles. The van der Waals surface area contributed by atoms with Crippen LogP contribution >= 0.6 is 11.6 Å². The number of hydrogen-bond donors (Lipinski definition) is 1. The largest absolute Gasteiger partial charge is 0.356 e. The zero-order valence-corrected chi connectivity index (χ0v) is 11.7. The van der Waals surface area contributed by atoms with Gasteiger partial charge in [0.2, 0.25) is 0 Å². The highest BCUT2D eigenvalue weighted by molar-refractivity contribution is 6.33. The zero-order valence-electron chi connectivity index (χ0n) is 11.0. The first kappa shape index (κ1) is 12.2. The van der Waals surface area contributed by atoms with Gasteiger partial charge in [0.15, 0.2) is 5.76 Å². The van der Waals surface area contributed by atoms with Crippen LogP contribution in [0.5, 0.6) is 0 Å². The minimum Gasteiger partial charge on any atom is -0.356 e. The quantitative estimate of drug-likeness (QED) is 0.912. The Balaban J connectivity index is 1.72. The SMILES string of the molecule is ClC1=C(c2cc(-c3ccccc3)on2)C2CCC(C1)N2.